The molecule has 0 N–H and O–H groups in total. The molecule has 3 heteroatoms. The molecular weight excluding hydrogens is 286 g/mol. The lowest BCUT2D eigenvalue weighted by Crippen LogP contribution is -2.35. The molecule has 1 aliphatic rings. The Hall–Kier alpha value is -2.68. The van der Waals surface area contributed by atoms with Crippen molar-refractivity contribution in [1.29, 1.82) is 0 Å². The van der Waals surface area contributed by atoms with Gasteiger partial charge >= 0.3 is 5.97 Å². The first-order valence-corrected chi connectivity index (χ1v) is 7.75. The summed E-state index contributed by atoms with van der Waals surface area (Å²) in [6.45, 7) is 4.04. The van der Waals surface area contributed by atoms with Gasteiger partial charge in [-0.15, -0.1) is 0 Å². The fourth-order valence-corrected chi connectivity index (χ4v) is 2.76. The van der Waals surface area contributed by atoms with Gasteiger partial charge in [-0.1, -0.05) is 60.7 Å². The molecule has 0 saturated heterocycles. The number of carbonyl (C=O) groups excluding carboxylic acids is 1. The third-order valence-electron chi connectivity index (χ3n) is 3.97. The first-order chi connectivity index (χ1) is 11.1. The van der Waals surface area contributed by atoms with Gasteiger partial charge in [0.05, 0.1) is 18.0 Å². The number of aliphatic imine (C=N–C) groups is 1. The Labute approximate surface area is 136 Å². The third kappa shape index (κ3) is 2.82. The average Bonchev–Trinajstić information content (AvgIpc) is 2.96. The second-order valence-corrected chi connectivity index (χ2v) is 5.64. The van der Waals surface area contributed by atoms with Gasteiger partial charge in [0, 0.05) is 0 Å². The van der Waals surface area contributed by atoms with E-state index in [4.69, 9.17) is 9.73 Å². The molecular formula is C20H19NO2. The molecule has 0 aliphatic carbocycles. The molecule has 0 radical (unpaired) electrons. The standard InChI is InChI=1S/C20H19NO2/c1-3-23-19(22)20(2)14-17(15-10-6-4-7-11-15)21-18(20)16-12-8-5-9-13-16/h4-14H,3H2,1-2H3. The zero-order valence-electron chi connectivity index (χ0n) is 13.3. The van der Waals surface area contributed by atoms with Gasteiger partial charge in [0.15, 0.2) is 0 Å². The van der Waals surface area contributed by atoms with Crippen LogP contribution in [0.25, 0.3) is 5.70 Å². The molecule has 2 aromatic carbocycles. The zero-order valence-corrected chi connectivity index (χ0v) is 13.3. The second-order valence-electron chi connectivity index (χ2n) is 5.64. The lowest BCUT2D eigenvalue weighted by Gasteiger charge is -2.22. The van der Waals surface area contributed by atoms with Crippen LogP contribution in [0.4, 0.5) is 0 Å². The van der Waals surface area contributed by atoms with Gasteiger partial charge in [0.2, 0.25) is 0 Å². The van der Waals surface area contributed by atoms with Crippen molar-refractivity contribution in [3.05, 3.63) is 77.9 Å². The summed E-state index contributed by atoms with van der Waals surface area (Å²) in [5.74, 6) is -0.270. The summed E-state index contributed by atoms with van der Waals surface area (Å²) in [6.07, 6.45) is 1.91. The van der Waals surface area contributed by atoms with Crippen molar-refractivity contribution in [2.75, 3.05) is 6.61 Å². The number of esters is 1. The van der Waals surface area contributed by atoms with Crippen molar-refractivity contribution in [1.82, 2.24) is 0 Å². The van der Waals surface area contributed by atoms with E-state index in [0.29, 0.717) is 6.61 Å². The normalized spacial score (nSPS) is 19.9. The van der Waals surface area contributed by atoms with E-state index in [2.05, 4.69) is 0 Å². The Kier molecular flexibility index (Phi) is 4.11. The maximum absolute atomic E-state index is 12.6. The summed E-state index contributed by atoms with van der Waals surface area (Å²) in [4.78, 5) is 17.3. The third-order valence-corrected chi connectivity index (χ3v) is 3.97. The van der Waals surface area contributed by atoms with Crippen molar-refractivity contribution >= 4 is 17.4 Å². The van der Waals surface area contributed by atoms with Crippen LogP contribution >= 0.6 is 0 Å². The van der Waals surface area contributed by atoms with Gasteiger partial charge in [-0.25, -0.2) is 0 Å². The Morgan fingerprint density at radius 3 is 2.13 bits per heavy atom. The van der Waals surface area contributed by atoms with Gasteiger partial charge in [0.25, 0.3) is 0 Å². The highest BCUT2D eigenvalue weighted by atomic mass is 16.5. The predicted octanol–water partition coefficient (Wildman–Crippen LogP) is 4.10. The number of benzene rings is 2. The molecule has 3 rings (SSSR count). The minimum Gasteiger partial charge on any atom is -0.465 e. The topological polar surface area (TPSA) is 38.7 Å². The number of nitrogens with zero attached hydrogens (tertiary/aromatic N) is 1. The first-order valence-electron chi connectivity index (χ1n) is 7.75. The SMILES string of the molecule is CCOC(=O)C1(C)C=C(c2ccccc2)N=C1c1ccccc1. The molecule has 3 nitrogen and oxygen atoms in total. The highest BCUT2D eigenvalue weighted by Crippen LogP contribution is 2.38. The molecule has 1 aliphatic heterocycles. The minimum absolute atomic E-state index is 0.270. The number of carbonyl (C=O) groups is 1. The van der Waals surface area contributed by atoms with E-state index in [1.165, 1.54) is 0 Å². The predicted molar refractivity (Wildman–Crippen MR) is 92.1 cm³/mol. The van der Waals surface area contributed by atoms with Crippen molar-refractivity contribution in [2.24, 2.45) is 10.4 Å². The van der Waals surface area contributed by atoms with Crippen LogP contribution in [0.3, 0.4) is 0 Å². The summed E-state index contributed by atoms with van der Waals surface area (Å²) in [6, 6.07) is 19.7. The number of ether oxygens (including phenoxy) is 1. The monoisotopic (exact) mass is 305 g/mol. The number of hydrogen-bond donors (Lipinski definition) is 0. The van der Waals surface area contributed by atoms with E-state index in [1.807, 2.05) is 80.6 Å². The lowest BCUT2D eigenvalue weighted by atomic mass is 9.82. The molecule has 116 valence electrons. The second kappa shape index (κ2) is 6.21. The molecule has 0 bridgehead atoms. The van der Waals surface area contributed by atoms with Crippen LogP contribution in [-0.2, 0) is 9.53 Å². The maximum atomic E-state index is 12.6. The molecule has 0 amide bonds. The van der Waals surface area contributed by atoms with Gasteiger partial charge in [-0.05, 0) is 31.1 Å². The molecule has 23 heavy (non-hydrogen) atoms. The van der Waals surface area contributed by atoms with Gasteiger partial charge in [-0.2, -0.15) is 0 Å². The van der Waals surface area contributed by atoms with Crippen LogP contribution in [0.5, 0.6) is 0 Å². The molecule has 0 saturated carbocycles. The average molecular weight is 305 g/mol. The van der Waals surface area contributed by atoms with Gasteiger partial charge < -0.3 is 4.74 Å². The largest absolute Gasteiger partial charge is 0.465 e. The summed E-state index contributed by atoms with van der Waals surface area (Å²) in [7, 11) is 0. The highest BCUT2D eigenvalue weighted by Gasteiger charge is 2.43. The molecule has 1 unspecified atom stereocenters. The minimum atomic E-state index is -0.872. The van der Waals surface area contributed by atoms with Crippen LogP contribution in [0.15, 0.2) is 71.7 Å². The maximum Gasteiger partial charge on any atom is 0.321 e. The van der Waals surface area contributed by atoms with E-state index in [9.17, 15) is 4.79 Å². The quantitative estimate of drug-likeness (QED) is 0.798. The van der Waals surface area contributed by atoms with Crippen molar-refractivity contribution in [3.63, 3.8) is 0 Å². The molecule has 0 fully saturated rings. The molecule has 1 heterocycles. The molecule has 2 aromatic rings. The van der Waals surface area contributed by atoms with Crippen molar-refractivity contribution < 1.29 is 9.53 Å². The van der Waals surface area contributed by atoms with E-state index in [0.717, 1.165) is 22.5 Å². The zero-order chi connectivity index (χ0) is 16.3. The number of rotatable bonds is 4. The fourth-order valence-electron chi connectivity index (χ4n) is 2.76. The van der Waals surface area contributed by atoms with Crippen LogP contribution in [0.1, 0.15) is 25.0 Å². The first kappa shape index (κ1) is 15.2. The van der Waals surface area contributed by atoms with E-state index in [-0.39, 0.29) is 5.97 Å². The number of hydrogen-bond acceptors (Lipinski definition) is 3. The van der Waals surface area contributed by atoms with Crippen LogP contribution in [-0.4, -0.2) is 18.3 Å². The van der Waals surface area contributed by atoms with E-state index < -0.39 is 5.41 Å². The summed E-state index contributed by atoms with van der Waals surface area (Å²) in [5, 5.41) is 0. The van der Waals surface area contributed by atoms with Crippen molar-refractivity contribution in [2.45, 2.75) is 13.8 Å². The fraction of sp³-hybridized carbons (Fsp3) is 0.200. The van der Waals surface area contributed by atoms with Crippen molar-refractivity contribution in [3.8, 4) is 0 Å². The Bertz CT molecular complexity index is 763. The van der Waals surface area contributed by atoms with E-state index in [1.54, 1.807) is 0 Å². The molecule has 0 aromatic heterocycles. The Balaban J connectivity index is 2.10. The molecule has 1 atom stereocenters. The Morgan fingerprint density at radius 1 is 1.00 bits per heavy atom. The van der Waals surface area contributed by atoms with Gasteiger partial charge in [-0.3, -0.25) is 9.79 Å². The Morgan fingerprint density at radius 2 is 1.57 bits per heavy atom. The summed E-state index contributed by atoms with van der Waals surface area (Å²) in [5.41, 5.74) is 2.59. The van der Waals surface area contributed by atoms with Crippen LogP contribution in [0.2, 0.25) is 0 Å². The molecule has 0 spiro atoms. The van der Waals surface area contributed by atoms with Gasteiger partial charge in [0.1, 0.15) is 5.41 Å². The summed E-state index contributed by atoms with van der Waals surface area (Å²) < 4.78 is 5.30. The smallest absolute Gasteiger partial charge is 0.321 e. The highest BCUT2D eigenvalue weighted by molar-refractivity contribution is 6.21. The lowest BCUT2D eigenvalue weighted by molar-refractivity contribution is -0.148. The van der Waals surface area contributed by atoms with Crippen LogP contribution in [0, 0.1) is 5.41 Å². The summed E-state index contributed by atoms with van der Waals surface area (Å²) >= 11 is 0. The van der Waals surface area contributed by atoms with E-state index >= 15 is 0 Å². The van der Waals surface area contributed by atoms with Crippen LogP contribution < -0.4 is 0 Å².